The molecule has 0 spiro atoms. The van der Waals surface area contributed by atoms with Crippen LogP contribution in [0, 0.1) is 34.8 Å². The van der Waals surface area contributed by atoms with Gasteiger partial charge in [0.15, 0.2) is 0 Å². The Hall–Kier alpha value is -3.43. The molecule has 3 aromatic carbocycles. The molecule has 3 aromatic rings. The third-order valence-electron chi connectivity index (χ3n) is 4.21. The van der Waals surface area contributed by atoms with Gasteiger partial charge in [-0.25, -0.2) is 8.78 Å². The van der Waals surface area contributed by atoms with Crippen LogP contribution in [-0.2, 0) is 6.42 Å². The molecule has 0 heterocycles. The summed E-state index contributed by atoms with van der Waals surface area (Å²) in [6, 6.07) is 18.4. The fraction of sp³-hybridized carbons (Fsp3) is 0.125. The van der Waals surface area contributed by atoms with Crippen LogP contribution in [0.25, 0.3) is 11.1 Å². The molecule has 0 unspecified atom stereocenters. The third-order valence-corrected chi connectivity index (χ3v) is 4.21. The first kappa shape index (κ1) is 18.4. The monoisotopic (exact) mass is 357 g/mol. The molecule has 0 aliphatic rings. The zero-order valence-electron chi connectivity index (χ0n) is 14.9. The summed E-state index contributed by atoms with van der Waals surface area (Å²) in [5.74, 6) is 4.81. The van der Waals surface area contributed by atoms with Crippen LogP contribution >= 0.6 is 0 Å². The first-order chi connectivity index (χ1) is 13.1. The summed E-state index contributed by atoms with van der Waals surface area (Å²) >= 11 is 0. The molecule has 27 heavy (non-hydrogen) atoms. The van der Waals surface area contributed by atoms with Crippen molar-refractivity contribution in [3.05, 3.63) is 94.6 Å². The van der Waals surface area contributed by atoms with Crippen LogP contribution in [0.2, 0.25) is 0 Å². The van der Waals surface area contributed by atoms with Crippen LogP contribution in [0.5, 0.6) is 0 Å². The van der Waals surface area contributed by atoms with Gasteiger partial charge in [-0.15, -0.1) is 0 Å². The van der Waals surface area contributed by atoms with Gasteiger partial charge in [0, 0.05) is 11.1 Å². The highest BCUT2D eigenvalue weighted by Crippen LogP contribution is 2.26. The summed E-state index contributed by atoms with van der Waals surface area (Å²) in [6.45, 7) is 2.04. The fourth-order valence-corrected chi connectivity index (χ4v) is 2.79. The molecule has 0 atom stereocenters. The normalized spacial score (nSPS) is 10.0. The highest BCUT2D eigenvalue weighted by atomic mass is 19.1. The Bertz CT molecular complexity index is 1060. The van der Waals surface area contributed by atoms with E-state index in [0.29, 0.717) is 22.3 Å². The van der Waals surface area contributed by atoms with Crippen molar-refractivity contribution in [2.24, 2.45) is 0 Å². The Morgan fingerprint density at radius 3 is 2.19 bits per heavy atom. The fourth-order valence-electron chi connectivity index (χ4n) is 2.79. The van der Waals surface area contributed by atoms with Crippen molar-refractivity contribution in [2.45, 2.75) is 19.8 Å². The highest BCUT2D eigenvalue weighted by Gasteiger charge is 2.09. The quantitative estimate of drug-likeness (QED) is 0.539. The Morgan fingerprint density at radius 2 is 1.56 bits per heavy atom. The zero-order chi connectivity index (χ0) is 19.2. The van der Waals surface area contributed by atoms with E-state index in [4.69, 9.17) is 5.26 Å². The molecular formula is C24H17F2N. The summed E-state index contributed by atoms with van der Waals surface area (Å²) in [7, 11) is 0. The van der Waals surface area contributed by atoms with E-state index in [1.807, 2.05) is 19.1 Å². The summed E-state index contributed by atoms with van der Waals surface area (Å²) in [5, 5.41) is 8.79. The maximum absolute atomic E-state index is 14.4. The van der Waals surface area contributed by atoms with E-state index in [0.717, 1.165) is 18.4 Å². The standard InChI is InChI=1S/C24H17F2N/c1-2-3-18-9-13-22(24(26)14-18)21-12-11-20(23(25)15-21)10-8-17-4-6-19(16-27)7-5-17/h4-7,9,11-15H,2-3H2,1H3. The molecule has 3 rings (SSSR count). The van der Waals surface area contributed by atoms with Gasteiger partial charge in [-0.2, -0.15) is 5.26 Å². The van der Waals surface area contributed by atoms with Crippen molar-refractivity contribution in [2.75, 3.05) is 0 Å². The minimum Gasteiger partial charge on any atom is -0.206 e. The number of benzene rings is 3. The molecule has 0 fully saturated rings. The summed E-state index contributed by atoms with van der Waals surface area (Å²) in [5.41, 5.74) is 3.27. The lowest BCUT2D eigenvalue weighted by Crippen LogP contribution is -1.91. The molecule has 0 bridgehead atoms. The van der Waals surface area contributed by atoms with E-state index in [1.54, 1.807) is 42.5 Å². The van der Waals surface area contributed by atoms with Crippen LogP contribution in [0.3, 0.4) is 0 Å². The molecule has 0 N–H and O–H groups in total. The average molecular weight is 357 g/mol. The molecular weight excluding hydrogens is 340 g/mol. The second kappa shape index (κ2) is 8.30. The minimum atomic E-state index is -0.495. The van der Waals surface area contributed by atoms with Gasteiger partial charge >= 0.3 is 0 Å². The second-order valence-corrected chi connectivity index (χ2v) is 6.20. The molecule has 0 saturated heterocycles. The summed E-state index contributed by atoms with van der Waals surface area (Å²) in [4.78, 5) is 0. The van der Waals surface area contributed by atoms with Crippen LogP contribution in [0.1, 0.15) is 35.6 Å². The van der Waals surface area contributed by atoms with Gasteiger partial charge in [0.1, 0.15) is 11.6 Å². The summed E-state index contributed by atoms with van der Waals surface area (Å²) in [6.07, 6.45) is 1.76. The van der Waals surface area contributed by atoms with Crippen LogP contribution in [-0.4, -0.2) is 0 Å². The first-order valence-corrected chi connectivity index (χ1v) is 8.71. The number of hydrogen-bond acceptors (Lipinski definition) is 1. The van der Waals surface area contributed by atoms with E-state index in [9.17, 15) is 8.78 Å². The van der Waals surface area contributed by atoms with Crippen molar-refractivity contribution in [3.63, 3.8) is 0 Å². The molecule has 0 amide bonds. The van der Waals surface area contributed by atoms with Crippen LogP contribution in [0.4, 0.5) is 8.78 Å². The Morgan fingerprint density at radius 1 is 0.815 bits per heavy atom. The van der Waals surface area contributed by atoms with Crippen molar-refractivity contribution in [3.8, 4) is 29.0 Å². The zero-order valence-corrected chi connectivity index (χ0v) is 14.9. The van der Waals surface area contributed by atoms with Gasteiger partial charge in [-0.3, -0.25) is 0 Å². The van der Waals surface area contributed by atoms with Crippen LogP contribution in [0.15, 0.2) is 60.7 Å². The Kier molecular flexibility index (Phi) is 5.64. The Balaban J connectivity index is 1.86. The van der Waals surface area contributed by atoms with Gasteiger partial charge in [0.05, 0.1) is 17.2 Å². The lowest BCUT2D eigenvalue weighted by Gasteiger charge is -2.07. The predicted molar refractivity (Wildman–Crippen MR) is 103 cm³/mol. The van der Waals surface area contributed by atoms with Gasteiger partial charge < -0.3 is 0 Å². The number of halogens is 2. The van der Waals surface area contributed by atoms with Gasteiger partial charge in [0.2, 0.25) is 0 Å². The maximum Gasteiger partial charge on any atom is 0.139 e. The van der Waals surface area contributed by atoms with Crippen molar-refractivity contribution in [1.82, 2.24) is 0 Å². The molecule has 0 aliphatic carbocycles. The predicted octanol–water partition coefficient (Wildman–Crippen LogP) is 5.86. The topological polar surface area (TPSA) is 23.8 Å². The van der Waals surface area contributed by atoms with Crippen molar-refractivity contribution < 1.29 is 8.78 Å². The third kappa shape index (κ3) is 4.40. The number of nitriles is 1. The lowest BCUT2D eigenvalue weighted by atomic mass is 10.00. The van der Waals surface area contributed by atoms with E-state index in [-0.39, 0.29) is 11.4 Å². The molecule has 132 valence electrons. The molecule has 0 aromatic heterocycles. The molecule has 3 heteroatoms. The second-order valence-electron chi connectivity index (χ2n) is 6.20. The molecule has 0 radical (unpaired) electrons. The molecule has 1 nitrogen and oxygen atoms in total. The SMILES string of the molecule is CCCc1ccc(-c2ccc(C#Cc3ccc(C#N)cc3)c(F)c2)c(F)c1. The van der Waals surface area contributed by atoms with E-state index in [1.165, 1.54) is 12.1 Å². The highest BCUT2D eigenvalue weighted by molar-refractivity contribution is 5.66. The maximum atomic E-state index is 14.4. The minimum absolute atomic E-state index is 0.242. The smallest absolute Gasteiger partial charge is 0.139 e. The number of nitrogens with zero attached hydrogens (tertiary/aromatic N) is 1. The molecule has 0 saturated carbocycles. The largest absolute Gasteiger partial charge is 0.206 e. The van der Waals surface area contributed by atoms with Crippen molar-refractivity contribution >= 4 is 0 Å². The van der Waals surface area contributed by atoms with E-state index >= 15 is 0 Å². The van der Waals surface area contributed by atoms with E-state index in [2.05, 4.69) is 11.8 Å². The number of rotatable bonds is 3. The number of aryl methyl sites for hydroxylation is 1. The van der Waals surface area contributed by atoms with Crippen LogP contribution < -0.4 is 0 Å². The summed E-state index contributed by atoms with van der Waals surface area (Å²) < 4.78 is 28.8. The van der Waals surface area contributed by atoms with Crippen molar-refractivity contribution in [1.29, 1.82) is 5.26 Å². The Labute approximate surface area is 157 Å². The molecule has 0 aliphatic heterocycles. The first-order valence-electron chi connectivity index (χ1n) is 8.71. The van der Waals surface area contributed by atoms with Gasteiger partial charge in [-0.05, 0) is 60.0 Å². The van der Waals surface area contributed by atoms with Gasteiger partial charge in [0.25, 0.3) is 0 Å². The number of hydrogen-bond donors (Lipinski definition) is 0. The van der Waals surface area contributed by atoms with Gasteiger partial charge in [-0.1, -0.05) is 43.4 Å². The lowest BCUT2D eigenvalue weighted by molar-refractivity contribution is 0.621. The average Bonchev–Trinajstić information content (AvgIpc) is 2.68. The van der Waals surface area contributed by atoms with E-state index < -0.39 is 5.82 Å².